The van der Waals surface area contributed by atoms with Crippen molar-refractivity contribution in [3.63, 3.8) is 0 Å². The molecule has 0 amide bonds. The molecule has 0 saturated heterocycles. The summed E-state index contributed by atoms with van der Waals surface area (Å²) >= 11 is 0.732. The first-order chi connectivity index (χ1) is 8.65. The molecule has 0 saturated carbocycles. The summed E-state index contributed by atoms with van der Waals surface area (Å²) in [5, 5.41) is 8.48. The number of alkyl halides is 3. The van der Waals surface area contributed by atoms with E-state index in [2.05, 4.69) is 4.98 Å². The fourth-order valence-electron chi connectivity index (χ4n) is 1.43. The fourth-order valence-corrected chi connectivity index (χ4v) is 4.22. The van der Waals surface area contributed by atoms with E-state index in [4.69, 9.17) is 5.26 Å². The molecule has 106 valence electrons. The normalized spacial score (nSPS) is 12.4. The minimum Gasteiger partial charge on any atom is -0.237 e. The first kappa shape index (κ1) is 15.9. The monoisotopic (exact) mass is 312 g/mol. The van der Waals surface area contributed by atoms with E-state index in [1.807, 2.05) is 0 Å². The Hall–Kier alpha value is -1.14. The van der Waals surface area contributed by atoms with Crippen molar-refractivity contribution in [3.05, 3.63) is 15.6 Å². The minimum atomic E-state index is -4.65. The third kappa shape index (κ3) is 4.80. The molecule has 0 radical (unpaired) electrons. The molecule has 0 atom stereocenters. The summed E-state index contributed by atoms with van der Waals surface area (Å²) < 4.78 is 61.3. The van der Waals surface area contributed by atoms with E-state index in [0.717, 1.165) is 11.3 Å². The maximum absolute atomic E-state index is 12.6. The lowest BCUT2D eigenvalue weighted by Gasteiger charge is -2.06. The van der Waals surface area contributed by atoms with E-state index in [9.17, 15) is 21.6 Å². The third-order valence-corrected chi connectivity index (χ3v) is 4.96. The Balaban J connectivity index is 2.91. The summed E-state index contributed by atoms with van der Waals surface area (Å²) in [5.74, 6) is -0.979. The number of hydrogen-bond donors (Lipinski definition) is 0. The standard InChI is InChI=1S/C10H11F3N2O2S2/c1-7-15-9(10(11,12)13)8(18-7)6-19(16,17)5-3-2-4-14/h2-3,5-6H2,1H3. The van der Waals surface area contributed by atoms with Gasteiger partial charge in [-0.25, -0.2) is 13.4 Å². The molecule has 1 aromatic rings. The van der Waals surface area contributed by atoms with Gasteiger partial charge in [-0.15, -0.1) is 11.3 Å². The summed E-state index contributed by atoms with van der Waals surface area (Å²) in [4.78, 5) is 3.05. The van der Waals surface area contributed by atoms with Crippen LogP contribution in [-0.2, 0) is 21.8 Å². The highest BCUT2D eigenvalue weighted by Crippen LogP contribution is 2.35. The Morgan fingerprint density at radius 1 is 1.42 bits per heavy atom. The number of thiazole rings is 1. The number of nitrogens with zero attached hydrogens (tertiary/aromatic N) is 2. The van der Waals surface area contributed by atoms with Crippen molar-refractivity contribution in [3.8, 4) is 6.07 Å². The third-order valence-electron chi connectivity index (χ3n) is 2.17. The van der Waals surface area contributed by atoms with Gasteiger partial charge in [0.25, 0.3) is 0 Å². The molecule has 0 aliphatic rings. The predicted molar refractivity (Wildman–Crippen MR) is 64.2 cm³/mol. The molecule has 0 fully saturated rings. The molecule has 19 heavy (non-hydrogen) atoms. The first-order valence-electron chi connectivity index (χ1n) is 5.26. The van der Waals surface area contributed by atoms with E-state index in [0.29, 0.717) is 0 Å². The van der Waals surface area contributed by atoms with Crippen LogP contribution in [0.1, 0.15) is 28.4 Å². The Labute approximate surface area is 112 Å². The van der Waals surface area contributed by atoms with Gasteiger partial charge in [-0.2, -0.15) is 18.4 Å². The maximum atomic E-state index is 12.6. The van der Waals surface area contributed by atoms with Crippen molar-refractivity contribution < 1.29 is 21.6 Å². The molecule has 1 heterocycles. The highest BCUT2D eigenvalue weighted by molar-refractivity contribution is 7.90. The van der Waals surface area contributed by atoms with Crippen LogP contribution in [-0.4, -0.2) is 19.2 Å². The number of halogens is 3. The number of rotatable bonds is 5. The van der Waals surface area contributed by atoms with E-state index in [-0.39, 0.29) is 28.5 Å². The molecule has 1 rings (SSSR count). The second kappa shape index (κ2) is 5.88. The van der Waals surface area contributed by atoms with Crippen LogP contribution < -0.4 is 0 Å². The van der Waals surface area contributed by atoms with Gasteiger partial charge in [0.1, 0.15) is 0 Å². The SMILES string of the molecule is Cc1nc(C(F)(F)F)c(CS(=O)(=O)CCCC#N)s1. The van der Waals surface area contributed by atoms with Gasteiger partial charge in [-0.3, -0.25) is 0 Å². The molecular weight excluding hydrogens is 301 g/mol. The topological polar surface area (TPSA) is 70.8 Å². The maximum Gasteiger partial charge on any atom is 0.434 e. The summed E-state index contributed by atoms with van der Waals surface area (Å²) in [6.07, 6.45) is -4.46. The molecule has 1 aromatic heterocycles. The van der Waals surface area contributed by atoms with E-state index in [1.54, 1.807) is 6.07 Å². The van der Waals surface area contributed by atoms with Crippen molar-refractivity contribution in [2.75, 3.05) is 5.75 Å². The van der Waals surface area contributed by atoms with Crippen molar-refractivity contribution in [1.29, 1.82) is 5.26 Å². The van der Waals surface area contributed by atoms with E-state index >= 15 is 0 Å². The Kier molecular flexibility index (Phi) is 4.92. The summed E-state index contributed by atoms with van der Waals surface area (Å²) in [6.45, 7) is 1.39. The van der Waals surface area contributed by atoms with Gasteiger partial charge in [-0.1, -0.05) is 0 Å². The lowest BCUT2D eigenvalue weighted by molar-refractivity contribution is -0.141. The van der Waals surface area contributed by atoms with Gasteiger partial charge in [0.2, 0.25) is 0 Å². The van der Waals surface area contributed by atoms with Crippen molar-refractivity contribution >= 4 is 21.2 Å². The van der Waals surface area contributed by atoms with Gasteiger partial charge in [0.05, 0.1) is 27.5 Å². The van der Waals surface area contributed by atoms with Gasteiger partial charge in [0, 0.05) is 6.42 Å². The molecule has 0 bridgehead atoms. The molecule has 0 unspecified atom stereocenters. The lowest BCUT2D eigenvalue weighted by atomic mass is 10.4. The highest BCUT2D eigenvalue weighted by Gasteiger charge is 2.38. The van der Waals surface area contributed by atoms with Crippen LogP contribution in [0.3, 0.4) is 0 Å². The van der Waals surface area contributed by atoms with Crippen LogP contribution in [0.5, 0.6) is 0 Å². The summed E-state index contributed by atoms with van der Waals surface area (Å²) in [6, 6.07) is 1.79. The Bertz CT molecular complexity index is 585. The van der Waals surface area contributed by atoms with Crippen molar-refractivity contribution in [1.82, 2.24) is 4.98 Å². The second-order valence-corrected chi connectivity index (χ2v) is 7.33. The average molecular weight is 312 g/mol. The number of aryl methyl sites for hydroxylation is 1. The molecule has 0 aromatic carbocycles. The summed E-state index contributed by atoms with van der Waals surface area (Å²) in [7, 11) is -3.66. The second-order valence-electron chi connectivity index (χ2n) is 3.86. The number of nitriles is 1. The number of unbranched alkanes of at least 4 members (excludes halogenated alkanes) is 1. The van der Waals surface area contributed by atoms with Crippen LogP contribution in [0.4, 0.5) is 13.2 Å². The number of hydrogen-bond acceptors (Lipinski definition) is 5. The average Bonchev–Trinajstić information content (AvgIpc) is 2.58. The quantitative estimate of drug-likeness (QED) is 0.784. The number of sulfone groups is 1. The fraction of sp³-hybridized carbons (Fsp3) is 0.600. The van der Waals surface area contributed by atoms with E-state index in [1.165, 1.54) is 6.92 Å². The molecule has 0 aliphatic heterocycles. The first-order valence-corrected chi connectivity index (χ1v) is 7.90. The van der Waals surface area contributed by atoms with Crippen LogP contribution in [0.2, 0.25) is 0 Å². The molecule has 0 N–H and O–H groups in total. The Morgan fingerprint density at radius 2 is 2.05 bits per heavy atom. The molecule has 0 aliphatic carbocycles. The molecule has 4 nitrogen and oxygen atoms in total. The van der Waals surface area contributed by atoms with Gasteiger partial charge in [-0.05, 0) is 13.3 Å². The molecular formula is C10H11F3N2O2S2. The van der Waals surface area contributed by atoms with Crippen LogP contribution in [0.25, 0.3) is 0 Å². The zero-order valence-corrected chi connectivity index (χ0v) is 11.6. The van der Waals surface area contributed by atoms with Gasteiger partial charge >= 0.3 is 6.18 Å². The van der Waals surface area contributed by atoms with Crippen LogP contribution in [0, 0.1) is 18.3 Å². The van der Waals surface area contributed by atoms with Crippen LogP contribution >= 0.6 is 11.3 Å². The smallest absolute Gasteiger partial charge is 0.237 e. The zero-order chi connectivity index (χ0) is 14.7. The highest BCUT2D eigenvalue weighted by atomic mass is 32.2. The summed E-state index contributed by atoms with van der Waals surface area (Å²) in [5.41, 5.74) is -1.13. The molecule has 9 heteroatoms. The van der Waals surface area contributed by atoms with Gasteiger partial charge < -0.3 is 0 Å². The minimum absolute atomic E-state index is 0.0626. The van der Waals surface area contributed by atoms with Crippen molar-refractivity contribution in [2.24, 2.45) is 0 Å². The Morgan fingerprint density at radius 3 is 2.58 bits per heavy atom. The predicted octanol–water partition coefficient (Wildman–Crippen LogP) is 2.69. The zero-order valence-electron chi connectivity index (χ0n) is 9.99. The van der Waals surface area contributed by atoms with Gasteiger partial charge in [0.15, 0.2) is 15.5 Å². The van der Waals surface area contributed by atoms with Crippen LogP contribution in [0.15, 0.2) is 0 Å². The number of aromatic nitrogens is 1. The van der Waals surface area contributed by atoms with Crippen molar-refractivity contribution in [2.45, 2.75) is 31.7 Å². The molecule has 0 spiro atoms. The lowest BCUT2D eigenvalue weighted by Crippen LogP contribution is -2.14. The van der Waals surface area contributed by atoms with E-state index < -0.39 is 27.5 Å². The largest absolute Gasteiger partial charge is 0.434 e.